The van der Waals surface area contributed by atoms with Crippen molar-refractivity contribution < 1.29 is 19.2 Å². The summed E-state index contributed by atoms with van der Waals surface area (Å²) in [6, 6.07) is 3.68. The maximum atomic E-state index is 11.8. The average Bonchev–Trinajstić information content (AvgIpc) is 2.35. The second-order valence-electron chi connectivity index (χ2n) is 3.26. The molecule has 0 aliphatic heterocycles. The van der Waals surface area contributed by atoms with Gasteiger partial charge in [0.25, 0.3) is 11.6 Å². The molecule has 1 aromatic rings. The van der Waals surface area contributed by atoms with E-state index in [2.05, 4.69) is 0 Å². The van der Waals surface area contributed by atoms with Crippen LogP contribution in [0, 0.1) is 10.1 Å². The number of carbonyl (C=O) groups excluding carboxylic acids is 2. The predicted molar refractivity (Wildman–Crippen MR) is 63.0 cm³/mol. The number of carbonyl (C=O) groups is 2. The Kier molecular flexibility index (Phi) is 4.22. The summed E-state index contributed by atoms with van der Waals surface area (Å²) in [6.45, 7) is 0. The maximum Gasteiger partial charge on any atom is 0.323 e. The predicted octanol–water partition coefficient (Wildman–Crippen LogP) is 2.03. The van der Waals surface area contributed by atoms with Crippen LogP contribution in [0.1, 0.15) is 10.4 Å². The molecular formula is C10H9ClN2O5. The van der Waals surface area contributed by atoms with Crippen molar-refractivity contribution in [3.8, 4) is 5.75 Å². The molecule has 0 unspecified atom stereocenters. The molecule has 1 rings (SSSR count). The third kappa shape index (κ3) is 2.75. The Hall–Kier alpha value is -2.15. The van der Waals surface area contributed by atoms with Gasteiger partial charge in [0.05, 0.1) is 18.1 Å². The molecule has 0 fully saturated rings. The molecule has 7 nitrogen and oxygen atoms in total. The zero-order chi connectivity index (χ0) is 13.9. The van der Waals surface area contributed by atoms with Gasteiger partial charge in [0.15, 0.2) is 0 Å². The molecule has 0 saturated carbocycles. The van der Waals surface area contributed by atoms with Gasteiger partial charge in [0.1, 0.15) is 11.3 Å². The van der Waals surface area contributed by atoms with E-state index in [0.717, 1.165) is 13.1 Å². The van der Waals surface area contributed by atoms with Crippen LogP contribution in [0.4, 0.5) is 10.5 Å². The molecule has 2 amide bonds. The van der Waals surface area contributed by atoms with Gasteiger partial charge >= 0.3 is 5.37 Å². The molecule has 0 N–H and O–H groups in total. The number of nitro groups is 1. The van der Waals surface area contributed by atoms with E-state index in [1.807, 2.05) is 0 Å². The molecule has 0 bridgehead atoms. The minimum atomic E-state index is -1.02. The first-order valence-electron chi connectivity index (χ1n) is 4.68. The van der Waals surface area contributed by atoms with Crippen LogP contribution in [-0.2, 0) is 0 Å². The molecule has 0 aliphatic carbocycles. The van der Waals surface area contributed by atoms with Crippen LogP contribution in [0.25, 0.3) is 0 Å². The van der Waals surface area contributed by atoms with Gasteiger partial charge in [0, 0.05) is 7.05 Å². The summed E-state index contributed by atoms with van der Waals surface area (Å²) in [4.78, 5) is 33.3. The minimum Gasteiger partial charge on any atom is -0.497 e. The number of halogens is 1. The highest BCUT2D eigenvalue weighted by atomic mass is 35.5. The van der Waals surface area contributed by atoms with E-state index in [0.29, 0.717) is 4.90 Å². The Morgan fingerprint density at radius 1 is 1.44 bits per heavy atom. The van der Waals surface area contributed by atoms with Crippen molar-refractivity contribution in [1.29, 1.82) is 0 Å². The number of hydrogen-bond acceptors (Lipinski definition) is 5. The van der Waals surface area contributed by atoms with Crippen molar-refractivity contribution in [1.82, 2.24) is 4.90 Å². The van der Waals surface area contributed by atoms with Crippen molar-refractivity contribution in [3.05, 3.63) is 33.9 Å². The molecule has 0 atom stereocenters. The summed E-state index contributed by atoms with van der Waals surface area (Å²) < 4.78 is 4.83. The number of amides is 2. The van der Waals surface area contributed by atoms with E-state index >= 15 is 0 Å². The number of hydrogen-bond donors (Lipinski definition) is 0. The smallest absolute Gasteiger partial charge is 0.323 e. The molecule has 0 saturated heterocycles. The Labute approximate surface area is 107 Å². The van der Waals surface area contributed by atoms with Crippen molar-refractivity contribution in [2.75, 3.05) is 14.2 Å². The Balaban J connectivity index is 3.28. The number of ether oxygens (including phenoxy) is 1. The fourth-order valence-corrected chi connectivity index (χ4v) is 1.31. The second kappa shape index (κ2) is 5.46. The molecule has 0 aromatic heterocycles. The van der Waals surface area contributed by atoms with E-state index in [4.69, 9.17) is 16.3 Å². The highest BCUT2D eigenvalue weighted by molar-refractivity contribution is 6.64. The summed E-state index contributed by atoms with van der Waals surface area (Å²) in [5.41, 5.74) is -0.693. The SMILES string of the molecule is COc1ccc(C(=O)N(C)C(=O)Cl)c([N+](=O)[O-])c1. The van der Waals surface area contributed by atoms with Crippen LogP contribution in [-0.4, -0.2) is 35.3 Å². The monoisotopic (exact) mass is 272 g/mol. The lowest BCUT2D eigenvalue weighted by Crippen LogP contribution is -2.29. The molecule has 96 valence electrons. The lowest BCUT2D eigenvalue weighted by molar-refractivity contribution is -0.385. The Bertz CT molecular complexity index is 517. The van der Waals surface area contributed by atoms with Crippen molar-refractivity contribution in [3.63, 3.8) is 0 Å². The van der Waals surface area contributed by atoms with E-state index in [9.17, 15) is 19.7 Å². The summed E-state index contributed by atoms with van der Waals surface area (Å²) >= 11 is 5.14. The standard InChI is InChI=1S/C10H9ClN2O5/c1-12(10(11)15)9(14)7-4-3-6(18-2)5-8(7)13(16)17/h3-5H,1-2H3. The number of nitrogens with zero attached hydrogens (tertiary/aromatic N) is 2. The first-order valence-corrected chi connectivity index (χ1v) is 5.06. The number of benzene rings is 1. The first kappa shape index (κ1) is 13.9. The highest BCUT2D eigenvalue weighted by Crippen LogP contribution is 2.25. The van der Waals surface area contributed by atoms with Crippen LogP contribution in [0.5, 0.6) is 5.75 Å². The van der Waals surface area contributed by atoms with Crippen LogP contribution in [0.15, 0.2) is 18.2 Å². The minimum absolute atomic E-state index is 0.234. The molecule has 8 heteroatoms. The average molecular weight is 273 g/mol. The fourth-order valence-electron chi connectivity index (χ4n) is 1.23. The van der Waals surface area contributed by atoms with E-state index < -0.39 is 21.9 Å². The van der Waals surface area contributed by atoms with Gasteiger partial charge in [0.2, 0.25) is 0 Å². The number of nitro benzene ring substituents is 1. The Morgan fingerprint density at radius 2 is 2.06 bits per heavy atom. The molecule has 0 heterocycles. The van der Waals surface area contributed by atoms with Gasteiger partial charge < -0.3 is 4.74 Å². The zero-order valence-corrected chi connectivity index (χ0v) is 10.3. The lowest BCUT2D eigenvalue weighted by atomic mass is 10.1. The van der Waals surface area contributed by atoms with Gasteiger partial charge in [-0.1, -0.05) is 0 Å². The molecular weight excluding hydrogens is 264 g/mol. The largest absolute Gasteiger partial charge is 0.497 e. The van der Waals surface area contributed by atoms with Crippen LogP contribution >= 0.6 is 11.6 Å². The first-order chi connectivity index (χ1) is 8.38. The van der Waals surface area contributed by atoms with E-state index in [1.54, 1.807) is 0 Å². The highest BCUT2D eigenvalue weighted by Gasteiger charge is 2.25. The van der Waals surface area contributed by atoms with Gasteiger partial charge in [-0.2, -0.15) is 0 Å². The van der Waals surface area contributed by atoms with E-state index in [1.165, 1.54) is 19.2 Å². The van der Waals surface area contributed by atoms with Crippen LogP contribution in [0.2, 0.25) is 0 Å². The second-order valence-corrected chi connectivity index (χ2v) is 3.58. The number of imide groups is 1. The molecule has 1 aromatic carbocycles. The lowest BCUT2D eigenvalue weighted by Gasteiger charge is -2.11. The van der Waals surface area contributed by atoms with Crippen molar-refractivity contribution in [2.45, 2.75) is 0 Å². The molecule has 0 spiro atoms. The third-order valence-corrected chi connectivity index (χ3v) is 2.45. The quantitative estimate of drug-likeness (QED) is 0.363. The molecule has 0 aliphatic rings. The van der Waals surface area contributed by atoms with Gasteiger partial charge in [-0.15, -0.1) is 0 Å². The zero-order valence-electron chi connectivity index (χ0n) is 9.55. The summed E-state index contributed by atoms with van der Waals surface area (Å²) in [6.07, 6.45) is 0. The summed E-state index contributed by atoms with van der Waals surface area (Å²) in [5, 5.41) is 9.83. The van der Waals surface area contributed by atoms with Gasteiger partial charge in [-0.05, 0) is 23.7 Å². The topological polar surface area (TPSA) is 89.8 Å². The summed E-state index contributed by atoms with van der Waals surface area (Å²) in [5.74, 6) is -0.623. The van der Waals surface area contributed by atoms with Crippen molar-refractivity contribution in [2.24, 2.45) is 0 Å². The summed E-state index contributed by atoms with van der Waals surface area (Å²) in [7, 11) is 2.47. The van der Waals surface area contributed by atoms with Gasteiger partial charge in [-0.3, -0.25) is 24.6 Å². The van der Waals surface area contributed by atoms with Crippen LogP contribution < -0.4 is 4.74 Å². The number of rotatable bonds is 3. The van der Waals surface area contributed by atoms with E-state index in [-0.39, 0.29) is 11.3 Å². The fraction of sp³-hybridized carbons (Fsp3) is 0.200. The third-order valence-electron chi connectivity index (χ3n) is 2.20. The number of methoxy groups -OCH3 is 1. The molecule has 0 radical (unpaired) electrons. The van der Waals surface area contributed by atoms with Crippen LogP contribution in [0.3, 0.4) is 0 Å². The molecule has 18 heavy (non-hydrogen) atoms. The van der Waals surface area contributed by atoms with Gasteiger partial charge in [-0.25, -0.2) is 0 Å². The Morgan fingerprint density at radius 3 is 2.50 bits per heavy atom. The maximum absolute atomic E-state index is 11.8. The van der Waals surface area contributed by atoms with Crippen molar-refractivity contribution >= 4 is 28.6 Å². The normalized spacial score (nSPS) is 9.72.